The lowest BCUT2D eigenvalue weighted by atomic mass is 10.1. The minimum Gasteiger partial charge on any atom is -0.468 e. The highest BCUT2D eigenvalue weighted by Crippen LogP contribution is 2.33. The van der Waals surface area contributed by atoms with Gasteiger partial charge in [0.1, 0.15) is 11.6 Å². The monoisotopic (exact) mass is 312 g/mol. The van der Waals surface area contributed by atoms with Crippen molar-refractivity contribution in [3.63, 3.8) is 0 Å². The van der Waals surface area contributed by atoms with Crippen molar-refractivity contribution in [2.45, 2.75) is 25.4 Å². The second-order valence-electron chi connectivity index (χ2n) is 6.00. The summed E-state index contributed by atoms with van der Waals surface area (Å²) in [6, 6.07) is 10.4. The Hall–Kier alpha value is -2.40. The Kier molecular flexibility index (Phi) is 3.50. The van der Waals surface area contributed by atoms with E-state index in [1.54, 1.807) is 12.3 Å². The van der Waals surface area contributed by atoms with E-state index in [-0.39, 0.29) is 17.4 Å². The van der Waals surface area contributed by atoms with E-state index in [0.29, 0.717) is 17.6 Å². The van der Waals surface area contributed by atoms with Gasteiger partial charge in [-0.3, -0.25) is 9.69 Å². The first-order valence-electron chi connectivity index (χ1n) is 7.79. The number of nitrogens with one attached hydrogen (secondary N) is 1. The first kappa shape index (κ1) is 14.2. The Morgan fingerprint density at radius 1 is 1.30 bits per heavy atom. The number of aromatic amines is 1. The van der Waals surface area contributed by atoms with Gasteiger partial charge in [0.15, 0.2) is 0 Å². The summed E-state index contributed by atoms with van der Waals surface area (Å²) in [5.74, 6) is 0.597. The molecule has 1 aliphatic rings. The fourth-order valence-electron chi connectivity index (χ4n) is 3.37. The van der Waals surface area contributed by atoms with Crippen molar-refractivity contribution in [2.75, 3.05) is 6.54 Å². The molecule has 0 amide bonds. The van der Waals surface area contributed by atoms with Crippen molar-refractivity contribution in [2.24, 2.45) is 0 Å². The molecule has 2 aromatic heterocycles. The molecule has 0 aliphatic carbocycles. The second-order valence-corrected chi connectivity index (χ2v) is 6.00. The zero-order valence-electron chi connectivity index (χ0n) is 12.6. The van der Waals surface area contributed by atoms with Gasteiger partial charge in [0.05, 0.1) is 17.8 Å². The van der Waals surface area contributed by atoms with Crippen LogP contribution in [0, 0.1) is 5.82 Å². The number of hydrogen-bond acceptors (Lipinski definition) is 3. The SMILES string of the molecule is O=c1[nH]c2cc(F)ccc2cc1CN1CCCC1c1ccco1. The van der Waals surface area contributed by atoms with Crippen molar-refractivity contribution in [3.8, 4) is 0 Å². The van der Waals surface area contributed by atoms with E-state index in [2.05, 4.69) is 9.88 Å². The number of fused-ring (bicyclic) bond motifs is 1. The van der Waals surface area contributed by atoms with Gasteiger partial charge in [0.2, 0.25) is 0 Å². The Morgan fingerprint density at radius 3 is 3.04 bits per heavy atom. The topological polar surface area (TPSA) is 49.2 Å². The van der Waals surface area contributed by atoms with Crippen molar-refractivity contribution in [1.82, 2.24) is 9.88 Å². The van der Waals surface area contributed by atoms with Crippen LogP contribution < -0.4 is 5.56 Å². The summed E-state index contributed by atoms with van der Waals surface area (Å²) in [6.45, 7) is 1.50. The highest BCUT2D eigenvalue weighted by Gasteiger charge is 2.28. The van der Waals surface area contributed by atoms with Crippen LogP contribution in [-0.2, 0) is 6.54 Å². The molecule has 1 fully saturated rings. The number of nitrogens with zero attached hydrogens (tertiary/aromatic N) is 1. The first-order valence-corrected chi connectivity index (χ1v) is 7.79. The number of likely N-dealkylation sites (tertiary alicyclic amines) is 1. The lowest BCUT2D eigenvalue weighted by Crippen LogP contribution is -2.26. The van der Waals surface area contributed by atoms with E-state index in [9.17, 15) is 9.18 Å². The molecule has 1 aromatic carbocycles. The minimum atomic E-state index is -0.349. The van der Waals surface area contributed by atoms with Crippen LogP contribution in [-0.4, -0.2) is 16.4 Å². The molecule has 1 saturated heterocycles. The smallest absolute Gasteiger partial charge is 0.252 e. The predicted molar refractivity (Wildman–Crippen MR) is 85.6 cm³/mol. The molecular formula is C18H17FN2O2. The van der Waals surface area contributed by atoms with Crippen LogP contribution >= 0.6 is 0 Å². The van der Waals surface area contributed by atoms with E-state index in [0.717, 1.165) is 30.5 Å². The molecule has 3 aromatic rings. The number of hydrogen-bond donors (Lipinski definition) is 1. The third-order valence-electron chi connectivity index (χ3n) is 4.49. The van der Waals surface area contributed by atoms with E-state index in [1.807, 2.05) is 18.2 Å². The summed E-state index contributed by atoms with van der Waals surface area (Å²) in [4.78, 5) is 17.3. The van der Waals surface area contributed by atoms with E-state index in [4.69, 9.17) is 4.42 Å². The number of pyridine rings is 1. The third-order valence-corrected chi connectivity index (χ3v) is 4.49. The number of furan rings is 1. The highest BCUT2D eigenvalue weighted by atomic mass is 19.1. The van der Waals surface area contributed by atoms with Crippen LogP contribution in [0.25, 0.3) is 10.9 Å². The molecule has 1 unspecified atom stereocenters. The van der Waals surface area contributed by atoms with Crippen LogP contribution in [0.3, 0.4) is 0 Å². The largest absolute Gasteiger partial charge is 0.468 e. The van der Waals surface area contributed by atoms with Crippen molar-refractivity contribution < 1.29 is 8.81 Å². The summed E-state index contributed by atoms with van der Waals surface area (Å²) in [7, 11) is 0. The molecule has 0 spiro atoms. The maximum Gasteiger partial charge on any atom is 0.252 e. The molecular weight excluding hydrogens is 295 g/mol. The van der Waals surface area contributed by atoms with Crippen molar-refractivity contribution in [1.29, 1.82) is 0 Å². The number of H-pyrrole nitrogens is 1. The molecule has 0 saturated carbocycles. The average molecular weight is 312 g/mol. The molecule has 5 heteroatoms. The molecule has 1 atom stereocenters. The van der Waals surface area contributed by atoms with Gasteiger partial charge >= 0.3 is 0 Å². The van der Waals surface area contributed by atoms with Gasteiger partial charge in [-0.1, -0.05) is 0 Å². The van der Waals surface area contributed by atoms with Crippen LogP contribution in [0.1, 0.15) is 30.2 Å². The number of benzene rings is 1. The molecule has 1 aliphatic heterocycles. The van der Waals surface area contributed by atoms with Crippen LogP contribution in [0.5, 0.6) is 0 Å². The van der Waals surface area contributed by atoms with Crippen LogP contribution in [0.4, 0.5) is 4.39 Å². The fourth-order valence-corrected chi connectivity index (χ4v) is 3.37. The molecule has 0 bridgehead atoms. The molecule has 0 radical (unpaired) electrons. The van der Waals surface area contributed by atoms with Gasteiger partial charge in [-0.05, 0) is 61.2 Å². The molecule has 23 heavy (non-hydrogen) atoms. The van der Waals surface area contributed by atoms with Gasteiger partial charge in [-0.15, -0.1) is 0 Å². The standard InChI is InChI=1S/C18H17FN2O2/c19-14-6-5-12-9-13(18(22)20-15(12)10-14)11-21-7-1-3-16(21)17-4-2-8-23-17/h2,4-6,8-10,16H,1,3,7,11H2,(H,20,22). The predicted octanol–water partition coefficient (Wildman–Crippen LogP) is 3.60. The van der Waals surface area contributed by atoms with Gasteiger partial charge in [-0.2, -0.15) is 0 Å². The molecule has 3 heterocycles. The summed E-state index contributed by atoms with van der Waals surface area (Å²) >= 11 is 0. The summed E-state index contributed by atoms with van der Waals surface area (Å²) in [5.41, 5.74) is 1.07. The summed E-state index contributed by atoms with van der Waals surface area (Å²) in [6.07, 6.45) is 3.80. The van der Waals surface area contributed by atoms with Crippen LogP contribution in [0.15, 0.2) is 51.9 Å². The fraction of sp³-hybridized carbons (Fsp3) is 0.278. The molecule has 4 rings (SSSR count). The summed E-state index contributed by atoms with van der Waals surface area (Å²) < 4.78 is 18.8. The molecule has 118 valence electrons. The van der Waals surface area contributed by atoms with Gasteiger partial charge in [-0.25, -0.2) is 4.39 Å². The van der Waals surface area contributed by atoms with Crippen LogP contribution in [0.2, 0.25) is 0 Å². The lowest BCUT2D eigenvalue weighted by molar-refractivity contribution is 0.220. The average Bonchev–Trinajstić information content (AvgIpc) is 3.19. The summed E-state index contributed by atoms with van der Waals surface area (Å²) in [5, 5.41) is 0.842. The number of aromatic nitrogens is 1. The maximum atomic E-state index is 13.3. The van der Waals surface area contributed by atoms with Gasteiger partial charge in [0, 0.05) is 12.1 Å². The zero-order valence-corrected chi connectivity index (χ0v) is 12.6. The third kappa shape index (κ3) is 2.68. The second kappa shape index (κ2) is 5.66. The zero-order chi connectivity index (χ0) is 15.8. The van der Waals surface area contributed by atoms with Crippen molar-refractivity contribution >= 4 is 10.9 Å². The number of rotatable bonds is 3. The maximum absolute atomic E-state index is 13.3. The Labute approximate surface area is 132 Å². The molecule has 1 N–H and O–H groups in total. The Balaban J connectivity index is 1.65. The number of halogens is 1. The normalized spacial score (nSPS) is 18.7. The quantitative estimate of drug-likeness (QED) is 0.804. The molecule has 4 nitrogen and oxygen atoms in total. The van der Waals surface area contributed by atoms with Crippen molar-refractivity contribution in [3.05, 3.63) is 70.2 Å². The first-order chi connectivity index (χ1) is 11.2. The van der Waals surface area contributed by atoms with E-state index >= 15 is 0 Å². The van der Waals surface area contributed by atoms with Gasteiger partial charge in [0.25, 0.3) is 5.56 Å². The lowest BCUT2D eigenvalue weighted by Gasteiger charge is -2.22. The minimum absolute atomic E-state index is 0.159. The Bertz CT molecular complexity index is 886. The van der Waals surface area contributed by atoms with Gasteiger partial charge < -0.3 is 9.40 Å². The highest BCUT2D eigenvalue weighted by molar-refractivity contribution is 5.78. The van der Waals surface area contributed by atoms with E-state index in [1.165, 1.54) is 12.1 Å². The van der Waals surface area contributed by atoms with E-state index < -0.39 is 0 Å². The Morgan fingerprint density at radius 2 is 2.22 bits per heavy atom.